The summed E-state index contributed by atoms with van der Waals surface area (Å²) >= 11 is 3.38. The molecule has 2 aromatic rings. The molecule has 1 aliphatic heterocycles. The van der Waals surface area contributed by atoms with Crippen molar-refractivity contribution in [1.29, 1.82) is 0 Å². The SMILES string of the molecule is O=C1NC(c2ccncc2)=N/C1=C/c1ccc(Br)cc1. The van der Waals surface area contributed by atoms with Crippen LogP contribution in [0.15, 0.2) is 64.0 Å². The van der Waals surface area contributed by atoms with Gasteiger partial charge in [0.1, 0.15) is 11.5 Å². The molecule has 4 nitrogen and oxygen atoms in total. The van der Waals surface area contributed by atoms with Gasteiger partial charge in [-0.1, -0.05) is 28.1 Å². The van der Waals surface area contributed by atoms with Crippen molar-refractivity contribution >= 4 is 33.7 Å². The second-order valence-electron chi connectivity index (χ2n) is 4.23. The Morgan fingerprint density at radius 3 is 2.45 bits per heavy atom. The topological polar surface area (TPSA) is 54.4 Å². The number of aromatic nitrogens is 1. The largest absolute Gasteiger partial charge is 0.305 e. The lowest BCUT2D eigenvalue weighted by atomic mass is 10.2. The summed E-state index contributed by atoms with van der Waals surface area (Å²) in [6, 6.07) is 11.3. The van der Waals surface area contributed by atoms with Crippen molar-refractivity contribution in [2.75, 3.05) is 0 Å². The third kappa shape index (κ3) is 2.67. The van der Waals surface area contributed by atoms with Crippen LogP contribution in [0.1, 0.15) is 11.1 Å². The maximum Gasteiger partial charge on any atom is 0.275 e. The van der Waals surface area contributed by atoms with Crippen LogP contribution >= 0.6 is 15.9 Å². The zero-order chi connectivity index (χ0) is 13.9. The molecule has 2 heterocycles. The van der Waals surface area contributed by atoms with E-state index in [1.807, 2.05) is 36.4 Å². The van der Waals surface area contributed by atoms with Crippen LogP contribution in [-0.4, -0.2) is 16.7 Å². The highest BCUT2D eigenvalue weighted by atomic mass is 79.9. The van der Waals surface area contributed by atoms with Crippen LogP contribution in [0.2, 0.25) is 0 Å². The second kappa shape index (κ2) is 5.38. The maximum atomic E-state index is 11.9. The van der Waals surface area contributed by atoms with E-state index >= 15 is 0 Å². The monoisotopic (exact) mass is 327 g/mol. The lowest BCUT2D eigenvalue weighted by molar-refractivity contribution is -0.115. The van der Waals surface area contributed by atoms with Crippen LogP contribution in [0.4, 0.5) is 0 Å². The average Bonchev–Trinajstić information content (AvgIpc) is 2.84. The van der Waals surface area contributed by atoms with Gasteiger partial charge < -0.3 is 5.32 Å². The highest BCUT2D eigenvalue weighted by Gasteiger charge is 2.20. The predicted molar refractivity (Wildman–Crippen MR) is 81.0 cm³/mol. The Morgan fingerprint density at radius 2 is 1.75 bits per heavy atom. The quantitative estimate of drug-likeness (QED) is 0.862. The average molecular weight is 328 g/mol. The smallest absolute Gasteiger partial charge is 0.275 e. The summed E-state index contributed by atoms with van der Waals surface area (Å²) in [6.07, 6.45) is 5.09. The first-order valence-electron chi connectivity index (χ1n) is 6.00. The molecule has 0 radical (unpaired) electrons. The third-order valence-corrected chi connectivity index (χ3v) is 3.35. The van der Waals surface area contributed by atoms with Crippen molar-refractivity contribution < 1.29 is 4.79 Å². The fourth-order valence-electron chi connectivity index (χ4n) is 1.83. The summed E-state index contributed by atoms with van der Waals surface area (Å²) in [5.41, 5.74) is 2.17. The van der Waals surface area contributed by atoms with E-state index < -0.39 is 0 Å². The van der Waals surface area contributed by atoms with E-state index in [0.29, 0.717) is 11.5 Å². The summed E-state index contributed by atoms with van der Waals surface area (Å²) in [4.78, 5) is 20.2. The Hall–Kier alpha value is -2.27. The molecular formula is C15H10BrN3O. The maximum absolute atomic E-state index is 11.9. The van der Waals surface area contributed by atoms with E-state index in [0.717, 1.165) is 15.6 Å². The van der Waals surface area contributed by atoms with Crippen molar-refractivity contribution in [2.24, 2.45) is 4.99 Å². The van der Waals surface area contributed by atoms with E-state index in [2.05, 4.69) is 31.2 Å². The van der Waals surface area contributed by atoms with Gasteiger partial charge in [-0.2, -0.15) is 0 Å². The molecule has 1 aromatic carbocycles. The van der Waals surface area contributed by atoms with Crippen LogP contribution in [0.5, 0.6) is 0 Å². The van der Waals surface area contributed by atoms with Crippen LogP contribution in [0, 0.1) is 0 Å². The Labute approximate surface area is 124 Å². The first kappa shape index (κ1) is 12.7. The normalized spacial score (nSPS) is 16.1. The molecule has 0 atom stereocenters. The molecule has 20 heavy (non-hydrogen) atoms. The Morgan fingerprint density at radius 1 is 1.05 bits per heavy atom. The van der Waals surface area contributed by atoms with E-state index in [1.165, 1.54) is 0 Å². The molecule has 5 heteroatoms. The van der Waals surface area contributed by atoms with Gasteiger partial charge in [0.15, 0.2) is 0 Å². The molecule has 1 amide bonds. The second-order valence-corrected chi connectivity index (χ2v) is 5.15. The van der Waals surface area contributed by atoms with Crippen molar-refractivity contribution in [3.63, 3.8) is 0 Å². The number of amides is 1. The predicted octanol–water partition coefficient (Wildman–Crippen LogP) is 2.76. The van der Waals surface area contributed by atoms with Crippen LogP contribution in [0.3, 0.4) is 0 Å². The standard InChI is InChI=1S/C15H10BrN3O/c16-12-3-1-10(2-4-12)9-13-15(20)19-14(18-13)11-5-7-17-8-6-11/h1-9H,(H,18,19,20)/b13-9+. The van der Waals surface area contributed by atoms with Crippen molar-refractivity contribution in [3.8, 4) is 0 Å². The van der Waals surface area contributed by atoms with Crippen molar-refractivity contribution in [2.45, 2.75) is 0 Å². The number of nitrogens with one attached hydrogen (secondary N) is 1. The number of hydrogen-bond acceptors (Lipinski definition) is 3. The minimum atomic E-state index is -0.195. The Kier molecular flexibility index (Phi) is 3.43. The minimum absolute atomic E-state index is 0.195. The number of halogens is 1. The molecule has 0 aliphatic carbocycles. The van der Waals surface area contributed by atoms with E-state index in [1.54, 1.807) is 18.5 Å². The van der Waals surface area contributed by atoms with E-state index in [-0.39, 0.29) is 5.91 Å². The van der Waals surface area contributed by atoms with Crippen molar-refractivity contribution in [1.82, 2.24) is 10.3 Å². The molecule has 1 aromatic heterocycles. The number of benzene rings is 1. The van der Waals surface area contributed by atoms with Gasteiger partial charge in [0, 0.05) is 22.4 Å². The number of amidine groups is 1. The van der Waals surface area contributed by atoms with Gasteiger partial charge in [0.2, 0.25) is 0 Å². The van der Waals surface area contributed by atoms with Crippen LogP contribution < -0.4 is 5.32 Å². The van der Waals surface area contributed by atoms with Crippen LogP contribution in [0.25, 0.3) is 6.08 Å². The molecule has 98 valence electrons. The zero-order valence-corrected chi connectivity index (χ0v) is 12.0. The molecule has 3 rings (SSSR count). The van der Waals surface area contributed by atoms with Crippen LogP contribution in [-0.2, 0) is 4.79 Å². The highest BCUT2D eigenvalue weighted by molar-refractivity contribution is 9.10. The third-order valence-electron chi connectivity index (χ3n) is 2.82. The number of rotatable bonds is 2. The highest BCUT2D eigenvalue weighted by Crippen LogP contribution is 2.16. The lowest BCUT2D eigenvalue weighted by Crippen LogP contribution is -2.24. The van der Waals surface area contributed by atoms with Crippen molar-refractivity contribution in [3.05, 3.63) is 70.1 Å². The molecule has 0 bridgehead atoms. The molecule has 0 spiro atoms. The summed E-state index contributed by atoms with van der Waals surface area (Å²) < 4.78 is 0.997. The first-order chi connectivity index (χ1) is 9.72. The van der Waals surface area contributed by atoms with Gasteiger partial charge in [-0.05, 0) is 35.9 Å². The number of aliphatic imine (C=N–C) groups is 1. The number of carbonyl (C=O) groups is 1. The minimum Gasteiger partial charge on any atom is -0.305 e. The summed E-state index contributed by atoms with van der Waals surface area (Å²) in [5, 5.41) is 2.76. The van der Waals surface area contributed by atoms with Gasteiger partial charge >= 0.3 is 0 Å². The molecular weight excluding hydrogens is 318 g/mol. The molecule has 0 saturated carbocycles. The number of pyridine rings is 1. The van der Waals surface area contributed by atoms with Gasteiger partial charge in [-0.25, -0.2) is 4.99 Å². The zero-order valence-electron chi connectivity index (χ0n) is 10.4. The van der Waals surface area contributed by atoms with Gasteiger partial charge in [0.05, 0.1) is 0 Å². The number of nitrogens with zero attached hydrogens (tertiary/aromatic N) is 2. The molecule has 1 N–H and O–H groups in total. The summed E-state index contributed by atoms with van der Waals surface area (Å²) in [7, 11) is 0. The molecule has 1 aliphatic rings. The summed E-state index contributed by atoms with van der Waals surface area (Å²) in [5.74, 6) is 0.362. The van der Waals surface area contributed by atoms with Gasteiger partial charge in [0.25, 0.3) is 5.91 Å². The van der Waals surface area contributed by atoms with Gasteiger partial charge in [-0.3, -0.25) is 9.78 Å². The number of carbonyl (C=O) groups excluding carboxylic acids is 1. The summed E-state index contributed by atoms with van der Waals surface area (Å²) in [6.45, 7) is 0. The fraction of sp³-hybridized carbons (Fsp3) is 0. The fourth-order valence-corrected chi connectivity index (χ4v) is 2.10. The van der Waals surface area contributed by atoms with E-state index in [9.17, 15) is 4.79 Å². The van der Waals surface area contributed by atoms with E-state index in [4.69, 9.17) is 0 Å². The first-order valence-corrected chi connectivity index (χ1v) is 6.79. The molecule has 0 saturated heterocycles. The van der Waals surface area contributed by atoms with Gasteiger partial charge in [-0.15, -0.1) is 0 Å². The molecule has 0 fully saturated rings. The lowest BCUT2D eigenvalue weighted by Gasteiger charge is -1.97. The molecule has 0 unspecified atom stereocenters. The Bertz CT molecular complexity index is 706. The Balaban J connectivity index is 1.92. The number of hydrogen-bond donors (Lipinski definition) is 1.